The standard InChI is InChI=1S/C16H17FN2O/c1-11-5-8-14(9-15(11)17)20-16-4-2-3-13(19-16)10-18-12-6-7-12/h2-5,8-9,12,18H,6-7,10H2,1H3. The molecule has 1 aromatic heterocycles. The molecule has 0 radical (unpaired) electrons. The van der Waals surface area contributed by atoms with E-state index in [1.165, 1.54) is 18.9 Å². The number of aromatic nitrogens is 1. The van der Waals surface area contributed by atoms with Crippen LogP contribution in [0, 0.1) is 12.7 Å². The first kappa shape index (κ1) is 13.1. The van der Waals surface area contributed by atoms with Gasteiger partial charge < -0.3 is 10.1 Å². The Hall–Kier alpha value is -1.94. The fourth-order valence-corrected chi connectivity index (χ4v) is 1.91. The van der Waals surface area contributed by atoms with Gasteiger partial charge in [0.05, 0.1) is 5.69 Å². The molecule has 104 valence electrons. The zero-order valence-corrected chi connectivity index (χ0v) is 11.4. The van der Waals surface area contributed by atoms with Crippen molar-refractivity contribution in [3.05, 3.63) is 53.5 Å². The first-order chi connectivity index (χ1) is 9.70. The summed E-state index contributed by atoms with van der Waals surface area (Å²) in [6, 6.07) is 11.1. The molecule has 0 atom stereocenters. The van der Waals surface area contributed by atoms with Gasteiger partial charge in [0.1, 0.15) is 11.6 Å². The SMILES string of the molecule is Cc1ccc(Oc2cccc(CNC3CC3)n2)cc1F. The van der Waals surface area contributed by atoms with Crippen LogP contribution in [0.15, 0.2) is 36.4 Å². The smallest absolute Gasteiger partial charge is 0.219 e. The molecule has 0 unspecified atom stereocenters. The van der Waals surface area contributed by atoms with Gasteiger partial charge in [0.2, 0.25) is 5.88 Å². The molecule has 0 bridgehead atoms. The molecule has 1 saturated carbocycles. The van der Waals surface area contributed by atoms with E-state index >= 15 is 0 Å². The minimum atomic E-state index is -0.269. The number of rotatable bonds is 5. The Kier molecular flexibility index (Phi) is 3.65. The summed E-state index contributed by atoms with van der Waals surface area (Å²) in [5.41, 5.74) is 1.54. The highest BCUT2D eigenvalue weighted by atomic mass is 19.1. The van der Waals surface area contributed by atoms with Crippen LogP contribution < -0.4 is 10.1 Å². The van der Waals surface area contributed by atoms with Gasteiger partial charge in [-0.3, -0.25) is 0 Å². The Balaban J connectivity index is 1.69. The summed E-state index contributed by atoms with van der Waals surface area (Å²) in [6.45, 7) is 2.46. The lowest BCUT2D eigenvalue weighted by Gasteiger charge is -2.08. The second kappa shape index (κ2) is 5.59. The first-order valence-corrected chi connectivity index (χ1v) is 6.84. The Bertz CT molecular complexity index is 611. The van der Waals surface area contributed by atoms with E-state index in [2.05, 4.69) is 10.3 Å². The quantitative estimate of drug-likeness (QED) is 0.903. The van der Waals surface area contributed by atoms with Crippen molar-refractivity contribution < 1.29 is 9.13 Å². The van der Waals surface area contributed by atoms with Crippen LogP contribution in [-0.4, -0.2) is 11.0 Å². The molecule has 1 N–H and O–H groups in total. The average molecular weight is 272 g/mol. The van der Waals surface area contributed by atoms with Gasteiger partial charge in [-0.15, -0.1) is 0 Å². The van der Waals surface area contributed by atoms with Gasteiger partial charge in [-0.25, -0.2) is 9.37 Å². The zero-order chi connectivity index (χ0) is 13.9. The largest absolute Gasteiger partial charge is 0.439 e. The number of benzene rings is 1. The van der Waals surface area contributed by atoms with Crippen molar-refractivity contribution in [2.24, 2.45) is 0 Å². The highest BCUT2D eigenvalue weighted by Gasteiger charge is 2.20. The molecule has 0 saturated heterocycles. The monoisotopic (exact) mass is 272 g/mol. The lowest BCUT2D eigenvalue weighted by molar-refractivity contribution is 0.454. The van der Waals surface area contributed by atoms with Crippen LogP contribution in [0.25, 0.3) is 0 Å². The van der Waals surface area contributed by atoms with E-state index in [-0.39, 0.29) is 5.82 Å². The Morgan fingerprint density at radius 3 is 2.90 bits per heavy atom. The molecule has 3 nitrogen and oxygen atoms in total. The van der Waals surface area contributed by atoms with Crippen LogP contribution in [-0.2, 0) is 6.54 Å². The van der Waals surface area contributed by atoms with Gasteiger partial charge in [0.15, 0.2) is 0 Å². The molecule has 20 heavy (non-hydrogen) atoms. The third-order valence-electron chi connectivity index (χ3n) is 3.30. The summed E-state index contributed by atoms with van der Waals surface area (Å²) in [5.74, 6) is 0.685. The second-order valence-electron chi connectivity index (χ2n) is 5.14. The van der Waals surface area contributed by atoms with E-state index in [9.17, 15) is 4.39 Å². The lowest BCUT2D eigenvalue weighted by Crippen LogP contribution is -2.16. The van der Waals surface area contributed by atoms with Crippen LogP contribution in [0.5, 0.6) is 11.6 Å². The van der Waals surface area contributed by atoms with Gasteiger partial charge in [-0.05, 0) is 37.5 Å². The highest BCUT2D eigenvalue weighted by molar-refractivity contribution is 5.31. The van der Waals surface area contributed by atoms with Gasteiger partial charge in [0, 0.05) is 24.7 Å². The van der Waals surface area contributed by atoms with Crippen LogP contribution in [0.4, 0.5) is 4.39 Å². The summed E-state index contributed by atoms with van der Waals surface area (Å²) < 4.78 is 19.1. The Morgan fingerprint density at radius 1 is 1.30 bits per heavy atom. The summed E-state index contributed by atoms with van der Waals surface area (Å²) in [5, 5.41) is 3.40. The van der Waals surface area contributed by atoms with Gasteiger partial charge in [-0.2, -0.15) is 0 Å². The number of aryl methyl sites for hydroxylation is 1. The average Bonchev–Trinajstić information content (AvgIpc) is 3.25. The molecule has 4 heteroatoms. The zero-order valence-electron chi connectivity index (χ0n) is 11.4. The number of nitrogens with one attached hydrogen (secondary N) is 1. The topological polar surface area (TPSA) is 34.1 Å². The van der Waals surface area contributed by atoms with Crippen molar-refractivity contribution in [1.82, 2.24) is 10.3 Å². The summed E-state index contributed by atoms with van der Waals surface area (Å²) in [7, 11) is 0. The van der Waals surface area contributed by atoms with E-state index < -0.39 is 0 Å². The van der Waals surface area contributed by atoms with Crippen molar-refractivity contribution in [2.75, 3.05) is 0 Å². The van der Waals surface area contributed by atoms with Crippen molar-refractivity contribution >= 4 is 0 Å². The number of halogens is 1. The fraction of sp³-hybridized carbons (Fsp3) is 0.312. The van der Waals surface area contributed by atoms with Crippen molar-refractivity contribution in [1.29, 1.82) is 0 Å². The molecule has 2 aromatic rings. The Labute approximate surface area is 117 Å². The van der Waals surface area contributed by atoms with Crippen molar-refractivity contribution in [2.45, 2.75) is 32.4 Å². The van der Waals surface area contributed by atoms with Crippen LogP contribution in [0.2, 0.25) is 0 Å². The van der Waals surface area contributed by atoms with Crippen molar-refractivity contribution in [3.8, 4) is 11.6 Å². The second-order valence-corrected chi connectivity index (χ2v) is 5.14. The Morgan fingerprint density at radius 2 is 2.15 bits per heavy atom. The summed E-state index contributed by atoms with van der Waals surface area (Å²) in [6.07, 6.45) is 2.50. The van der Waals surface area contributed by atoms with Gasteiger partial charge in [-0.1, -0.05) is 12.1 Å². The predicted octanol–water partition coefficient (Wildman–Crippen LogP) is 3.57. The third-order valence-corrected chi connectivity index (χ3v) is 3.30. The first-order valence-electron chi connectivity index (χ1n) is 6.84. The molecule has 0 aliphatic heterocycles. The highest BCUT2D eigenvalue weighted by Crippen LogP contribution is 2.22. The van der Waals surface area contributed by atoms with E-state index in [0.29, 0.717) is 23.2 Å². The maximum absolute atomic E-state index is 13.5. The molecule has 1 aromatic carbocycles. The molecule has 0 amide bonds. The maximum atomic E-state index is 13.5. The van der Waals surface area contributed by atoms with E-state index in [1.807, 2.05) is 12.1 Å². The van der Waals surface area contributed by atoms with E-state index in [0.717, 1.165) is 12.2 Å². The molecular weight excluding hydrogens is 255 g/mol. The number of ether oxygens (including phenoxy) is 1. The molecule has 0 spiro atoms. The summed E-state index contributed by atoms with van der Waals surface area (Å²) >= 11 is 0. The lowest BCUT2D eigenvalue weighted by atomic mass is 10.2. The van der Waals surface area contributed by atoms with Gasteiger partial charge >= 0.3 is 0 Å². The van der Waals surface area contributed by atoms with E-state index in [1.54, 1.807) is 25.1 Å². The normalized spacial score (nSPS) is 14.3. The number of hydrogen-bond donors (Lipinski definition) is 1. The number of nitrogens with zero attached hydrogens (tertiary/aromatic N) is 1. The van der Waals surface area contributed by atoms with Crippen molar-refractivity contribution in [3.63, 3.8) is 0 Å². The van der Waals surface area contributed by atoms with Gasteiger partial charge in [0.25, 0.3) is 0 Å². The number of hydrogen-bond acceptors (Lipinski definition) is 3. The molecule has 1 heterocycles. The van der Waals surface area contributed by atoms with Crippen LogP contribution in [0.1, 0.15) is 24.1 Å². The molecule has 1 aliphatic rings. The van der Waals surface area contributed by atoms with Crippen LogP contribution >= 0.6 is 0 Å². The summed E-state index contributed by atoms with van der Waals surface area (Å²) in [4.78, 5) is 4.41. The number of pyridine rings is 1. The molecule has 1 aliphatic carbocycles. The fourth-order valence-electron chi connectivity index (χ4n) is 1.91. The van der Waals surface area contributed by atoms with Crippen LogP contribution in [0.3, 0.4) is 0 Å². The van der Waals surface area contributed by atoms with E-state index in [4.69, 9.17) is 4.74 Å². The third kappa shape index (κ3) is 3.33. The molecule has 3 rings (SSSR count). The minimum Gasteiger partial charge on any atom is -0.439 e. The predicted molar refractivity (Wildman–Crippen MR) is 75.3 cm³/mol. The molecule has 1 fully saturated rings. The maximum Gasteiger partial charge on any atom is 0.219 e. The molecular formula is C16H17FN2O. The minimum absolute atomic E-state index is 0.269.